The van der Waals surface area contributed by atoms with E-state index in [1.807, 2.05) is 0 Å². The van der Waals surface area contributed by atoms with Gasteiger partial charge in [0.05, 0.1) is 23.6 Å². The number of nitro benzene ring substituents is 1. The molecule has 0 saturated carbocycles. The molecule has 2 heterocycles. The lowest BCUT2D eigenvalue weighted by molar-refractivity contribution is -0.384. The van der Waals surface area contributed by atoms with Crippen LogP contribution in [0.4, 0.5) is 5.69 Å². The highest BCUT2D eigenvalue weighted by molar-refractivity contribution is 5.88. The summed E-state index contributed by atoms with van der Waals surface area (Å²) in [6, 6.07) is 5.54. The van der Waals surface area contributed by atoms with Crippen LogP contribution in [0.1, 0.15) is 18.5 Å². The fraction of sp³-hybridized carbons (Fsp3) is 0.438. The maximum absolute atomic E-state index is 13.1. The summed E-state index contributed by atoms with van der Waals surface area (Å²) in [4.78, 5) is 27.4. The number of carbonyl (C=O) groups excluding carboxylic acids is 1. The van der Waals surface area contributed by atoms with Crippen molar-refractivity contribution in [3.8, 4) is 0 Å². The number of rotatable bonds is 6. The molecular formula is C16H18N4O5. The topological polar surface area (TPSA) is 109 Å². The minimum absolute atomic E-state index is 0.00780. The molecule has 9 nitrogen and oxygen atoms in total. The number of ether oxygens (including phenoxy) is 2. The Morgan fingerprint density at radius 2 is 2.04 bits per heavy atom. The van der Waals surface area contributed by atoms with Crippen molar-refractivity contribution in [2.24, 2.45) is 5.41 Å². The molecule has 9 heteroatoms. The molecule has 1 aliphatic heterocycles. The molecule has 1 unspecified atom stereocenters. The van der Waals surface area contributed by atoms with E-state index in [0.717, 1.165) is 5.56 Å². The minimum Gasteiger partial charge on any atom is -0.354 e. The Morgan fingerprint density at radius 1 is 1.36 bits per heavy atom. The highest BCUT2D eigenvalue weighted by atomic mass is 16.7. The van der Waals surface area contributed by atoms with E-state index in [1.54, 1.807) is 19.1 Å². The standard InChI is InChI=1S/C16H18N4O5/c1-16(7-24-11-25-8-16)15(21)14(19-10-17-9-18-19)6-12-2-4-13(5-3-12)20(22)23/h2-5,9-10,14H,6-8,11H2,1H3. The largest absolute Gasteiger partial charge is 0.354 e. The monoisotopic (exact) mass is 346 g/mol. The van der Waals surface area contributed by atoms with Crippen molar-refractivity contribution >= 4 is 11.5 Å². The number of non-ortho nitro benzene ring substituents is 1. The summed E-state index contributed by atoms with van der Waals surface area (Å²) in [5.41, 5.74) is 0.0180. The Labute approximate surface area is 143 Å². The van der Waals surface area contributed by atoms with Crippen molar-refractivity contribution in [2.45, 2.75) is 19.4 Å². The third-order valence-electron chi connectivity index (χ3n) is 4.24. The summed E-state index contributed by atoms with van der Waals surface area (Å²) in [5.74, 6) is -0.0731. The lowest BCUT2D eigenvalue weighted by atomic mass is 9.81. The van der Waals surface area contributed by atoms with Crippen molar-refractivity contribution in [2.75, 3.05) is 20.0 Å². The van der Waals surface area contributed by atoms with Crippen LogP contribution in [0.2, 0.25) is 0 Å². The molecule has 132 valence electrons. The van der Waals surface area contributed by atoms with Gasteiger partial charge in [0.25, 0.3) is 5.69 Å². The van der Waals surface area contributed by atoms with Gasteiger partial charge in [-0.2, -0.15) is 5.10 Å². The zero-order chi connectivity index (χ0) is 17.9. The van der Waals surface area contributed by atoms with E-state index in [9.17, 15) is 14.9 Å². The molecule has 1 saturated heterocycles. The summed E-state index contributed by atoms with van der Waals surface area (Å²) in [5, 5.41) is 14.9. The Balaban J connectivity index is 1.85. The third kappa shape index (κ3) is 3.72. The Hall–Kier alpha value is -2.65. The number of carbonyl (C=O) groups is 1. The van der Waals surface area contributed by atoms with Crippen molar-refractivity contribution in [3.05, 3.63) is 52.6 Å². The molecule has 0 bridgehead atoms. The predicted octanol–water partition coefficient (Wildman–Crippen LogP) is 1.55. The first-order valence-corrected chi connectivity index (χ1v) is 7.77. The van der Waals surface area contributed by atoms with E-state index < -0.39 is 16.4 Å². The molecule has 1 aromatic heterocycles. The van der Waals surface area contributed by atoms with E-state index >= 15 is 0 Å². The Bertz CT molecular complexity index is 738. The molecule has 0 radical (unpaired) electrons. The van der Waals surface area contributed by atoms with Gasteiger partial charge < -0.3 is 9.47 Å². The van der Waals surface area contributed by atoms with Gasteiger partial charge in [-0.1, -0.05) is 12.1 Å². The zero-order valence-corrected chi connectivity index (χ0v) is 13.7. The van der Waals surface area contributed by atoms with Crippen LogP contribution in [0.3, 0.4) is 0 Å². The normalized spacial score (nSPS) is 17.8. The van der Waals surface area contributed by atoms with Crippen LogP contribution in [0, 0.1) is 15.5 Å². The molecule has 2 aromatic rings. The van der Waals surface area contributed by atoms with E-state index in [2.05, 4.69) is 10.1 Å². The van der Waals surface area contributed by atoms with Crippen LogP contribution in [0.25, 0.3) is 0 Å². The average Bonchev–Trinajstić information content (AvgIpc) is 3.14. The molecular weight excluding hydrogens is 328 g/mol. The molecule has 25 heavy (non-hydrogen) atoms. The summed E-state index contributed by atoms with van der Waals surface area (Å²) in [6.45, 7) is 2.53. The molecule has 0 amide bonds. The predicted molar refractivity (Wildman–Crippen MR) is 85.7 cm³/mol. The van der Waals surface area contributed by atoms with Gasteiger partial charge in [0.15, 0.2) is 5.78 Å². The van der Waals surface area contributed by atoms with Crippen LogP contribution in [0.5, 0.6) is 0 Å². The molecule has 1 fully saturated rings. The number of hydrogen-bond donors (Lipinski definition) is 0. The van der Waals surface area contributed by atoms with Gasteiger partial charge in [0.2, 0.25) is 0 Å². The first-order chi connectivity index (χ1) is 12.0. The van der Waals surface area contributed by atoms with Gasteiger partial charge >= 0.3 is 0 Å². The smallest absolute Gasteiger partial charge is 0.269 e. The molecule has 0 N–H and O–H groups in total. The minimum atomic E-state index is -0.782. The second-order valence-corrected chi connectivity index (χ2v) is 6.26. The van der Waals surface area contributed by atoms with Gasteiger partial charge in [-0.05, 0) is 12.5 Å². The van der Waals surface area contributed by atoms with Crippen LogP contribution < -0.4 is 0 Å². The third-order valence-corrected chi connectivity index (χ3v) is 4.24. The fourth-order valence-electron chi connectivity index (χ4n) is 2.84. The summed E-state index contributed by atoms with van der Waals surface area (Å²) in [7, 11) is 0. The summed E-state index contributed by atoms with van der Waals surface area (Å²) < 4.78 is 12.1. The van der Waals surface area contributed by atoms with Crippen LogP contribution in [0.15, 0.2) is 36.9 Å². The molecule has 1 atom stereocenters. The van der Waals surface area contributed by atoms with Gasteiger partial charge in [-0.25, -0.2) is 9.67 Å². The maximum Gasteiger partial charge on any atom is 0.269 e. The van der Waals surface area contributed by atoms with E-state index in [4.69, 9.17) is 9.47 Å². The number of aromatic nitrogens is 3. The highest BCUT2D eigenvalue weighted by Crippen LogP contribution is 2.30. The van der Waals surface area contributed by atoms with Crippen molar-refractivity contribution in [1.29, 1.82) is 0 Å². The van der Waals surface area contributed by atoms with Crippen molar-refractivity contribution < 1.29 is 19.2 Å². The van der Waals surface area contributed by atoms with Crippen molar-refractivity contribution in [3.63, 3.8) is 0 Å². The fourth-order valence-corrected chi connectivity index (χ4v) is 2.84. The van der Waals surface area contributed by atoms with Gasteiger partial charge in [-0.3, -0.25) is 14.9 Å². The lowest BCUT2D eigenvalue weighted by Gasteiger charge is -2.34. The molecule has 0 spiro atoms. The van der Waals surface area contributed by atoms with Crippen LogP contribution in [-0.2, 0) is 20.7 Å². The number of nitro groups is 1. The SMILES string of the molecule is CC1(C(=O)C(Cc2ccc([N+](=O)[O-])cc2)n2cncn2)COCOC1. The number of ketones is 1. The zero-order valence-electron chi connectivity index (χ0n) is 13.7. The average molecular weight is 346 g/mol. The molecule has 1 aromatic carbocycles. The van der Waals surface area contributed by atoms with Gasteiger partial charge in [-0.15, -0.1) is 0 Å². The van der Waals surface area contributed by atoms with Gasteiger partial charge in [0.1, 0.15) is 25.5 Å². The second-order valence-electron chi connectivity index (χ2n) is 6.26. The van der Waals surface area contributed by atoms with E-state index in [0.29, 0.717) is 6.42 Å². The van der Waals surface area contributed by atoms with Crippen LogP contribution in [-0.4, -0.2) is 45.5 Å². The Morgan fingerprint density at radius 3 is 2.60 bits per heavy atom. The van der Waals surface area contributed by atoms with Crippen molar-refractivity contribution in [1.82, 2.24) is 14.8 Å². The number of nitrogens with zero attached hydrogens (tertiary/aromatic N) is 4. The number of benzene rings is 1. The quantitative estimate of drug-likeness (QED) is 0.576. The molecule has 0 aliphatic carbocycles. The first-order valence-electron chi connectivity index (χ1n) is 7.77. The lowest BCUT2D eigenvalue weighted by Crippen LogP contribution is -2.45. The second kappa shape index (κ2) is 7.08. The van der Waals surface area contributed by atoms with Gasteiger partial charge in [0, 0.05) is 18.6 Å². The Kier molecular flexibility index (Phi) is 4.86. The van der Waals surface area contributed by atoms with E-state index in [1.165, 1.54) is 29.5 Å². The molecule has 1 aliphatic rings. The number of hydrogen-bond acceptors (Lipinski definition) is 7. The maximum atomic E-state index is 13.1. The first kappa shape index (κ1) is 17.2. The molecule has 3 rings (SSSR count). The summed E-state index contributed by atoms with van der Waals surface area (Å²) in [6.07, 6.45) is 3.20. The summed E-state index contributed by atoms with van der Waals surface area (Å²) >= 11 is 0. The van der Waals surface area contributed by atoms with E-state index in [-0.39, 0.29) is 31.5 Å². The van der Waals surface area contributed by atoms with Crippen LogP contribution >= 0.6 is 0 Å². The highest BCUT2D eigenvalue weighted by Gasteiger charge is 2.41. The number of Topliss-reactive ketones (excluding diaryl/α,β-unsaturated/α-hetero) is 1.